The van der Waals surface area contributed by atoms with Gasteiger partial charge in [-0.2, -0.15) is 5.06 Å². The van der Waals surface area contributed by atoms with Crippen LogP contribution in [0.3, 0.4) is 0 Å². The van der Waals surface area contributed by atoms with E-state index in [4.69, 9.17) is 16.4 Å². The third-order valence-electron chi connectivity index (χ3n) is 5.74. The zero-order valence-corrected chi connectivity index (χ0v) is 16.9. The molecule has 1 aromatic rings. The first-order chi connectivity index (χ1) is 13.6. The summed E-state index contributed by atoms with van der Waals surface area (Å²) in [5.74, 6) is -0.107. The lowest BCUT2D eigenvalue weighted by atomic mass is 10.1. The Labute approximate surface area is 170 Å². The van der Waals surface area contributed by atoms with Crippen LogP contribution in [0.4, 0.5) is 10.5 Å². The fraction of sp³-hybridized carbons (Fsp3) is 0.600. The van der Waals surface area contributed by atoms with Gasteiger partial charge in [0.2, 0.25) is 0 Å². The highest BCUT2D eigenvalue weighted by Crippen LogP contribution is 2.29. The van der Waals surface area contributed by atoms with Crippen LogP contribution in [0.1, 0.15) is 31.2 Å². The smallest absolute Gasteiger partial charge is 0.371 e. The number of amides is 2. The maximum atomic E-state index is 12.3. The van der Waals surface area contributed by atoms with Crippen LogP contribution in [-0.2, 0) is 16.2 Å². The highest BCUT2D eigenvalue weighted by atomic mass is 35.5. The summed E-state index contributed by atoms with van der Waals surface area (Å²) in [6.07, 6.45) is 3.25. The average molecular weight is 407 g/mol. The summed E-state index contributed by atoms with van der Waals surface area (Å²) in [6.45, 7) is 6.29. The van der Waals surface area contributed by atoms with E-state index < -0.39 is 6.09 Å². The van der Waals surface area contributed by atoms with Crippen LogP contribution in [0.5, 0.6) is 0 Å². The van der Waals surface area contributed by atoms with Gasteiger partial charge in [0.05, 0.1) is 6.54 Å². The molecule has 3 aliphatic heterocycles. The number of anilines is 1. The molecule has 0 saturated carbocycles. The SMILES string of the molecule is O=C(ON1CCCC1=O)N1CCN(Cc2ccc(Cl)cc2N2CCCC2)CC1. The molecule has 0 aliphatic carbocycles. The standard InChI is InChI=1S/C20H27ClN4O3/c21-17-6-5-16(18(14-17)23-7-1-2-8-23)15-22-10-12-24(13-11-22)20(27)28-25-9-3-4-19(25)26/h5-6,14H,1-4,7-13,15H2. The predicted octanol–water partition coefficient (Wildman–Crippen LogP) is 2.73. The van der Waals surface area contributed by atoms with Crippen molar-refractivity contribution in [2.24, 2.45) is 0 Å². The molecule has 3 aliphatic rings. The number of hydrogen-bond acceptors (Lipinski definition) is 5. The van der Waals surface area contributed by atoms with E-state index in [1.54, 1.807) is 4.90 Å². The molecule has 0 atom stereocenters. The molecule has 3 saturated heterocycles. The second kappa shape index (κ2) is 8.57. The van der Waals surface area contributed by atoms with Crippen LogP contribution < -0.4 is 4.90 Å². The maximum absolute atomic E-state index is 12.3. The molecule has 0 N–H and O–H groups in total. The first-order valence-corrected chi connectivity index (χ1v) is 10.5. The van der Waals surface area contributed by atoms with Crippen LogP contribution in [0.2, 0.25) is 5.02 Å². The van der Waals surface area contributed by atoms with Crippen molar-refractivity contribution in [2.75, 3.05) is 50.7 Å². The molecule has 0 bridgehead atoms. The van der Waals surface area contributed by atoms with Crippen molar-refractivity contribution < 1.29 is 14.4 Å². The molecule has 8 heteroatoms. The third kappa shape index (κ3) is 4.36. The van der Waals surface area contributed by atoms with Crippen LogP contribution in [0, 0.1) is 0 Å². The summed E-state index contributed by atoms with van der Waals surface area (Å²) >= 11 is 6.25. The summed E-state index contributed by atoms with van der Waals surface area (Å²) in [5.41, 5.74) is 2.52. The molecule has 28 heavy (non-hydrogen) atoms. The minimum absolute atomic E-state index is 0.107. The quantitative estimate of drug-likeness (QED) is 0.769. The Morgan fingerprint density at radius 3 is 2.43 bits per heavy atom. The summed E-state index contributed by atoms with van der Waals surface area (Å²) in [5, 5.41) is 1.97. The number of hydrogen-bond donors (Lipinski definition) is 0. The van der Waals surface area contributed by atoms with Crippen molar-refractivity contribution in [3.63, 3.8) is 0 Å². The molecule has 0 spiro atoms. The maximum Gasteiger partial charge on any atom is 0.434 e. The van der Waals surface area contributed by atoms with Gasteiger partial charge in [-0.1, -0.05) is 17.7 Å². The number of nitrogens with zero attached hydrogens (tertiary/aromatic N) is 4. The van der Waals surface area contributed by atoms with E-state index in [1.165, 1.54) is 29.2 Å². The lowest BCUT2D eigenvalue weighted by Crippen LogP contribution is -2.49. The Morgan fingerprint density at radius 2 is 1.75 bits per heavy atom. The van der Waals surface area contributed by atoms with E-state index in [-0.39, 0.29) is 5.91 Å². The predicted molar refractivity (Wildman–Crippen MR) is 107 cm³/mol. The van der Waals surface area contributed by atoms with E-state index in [0.717, 1.165) is 44.2 Å². The minimum Gasteiger partial charge on any atom is -0.371 e. The molecule has 1 aromatic carbocycles. The van der Waals surface area contributed by atoms with E-state index >= 15 is 0 Å². The molecule has 0 unspecified atom stereocenters. The minimum atomic E-state index is -0.417. The van der Waals surface area contributed by atoms with Gasteiger partial charge in [0.15, 0.2) is 0 Å². The molecule has 152 valence electrons. The summed E-state index contributed by atoms with van der Waals surface area (Å²) < 4.78 is 0. The van der Waals surface area contributed by atoms with Gasteiger partial charge in [-0.15, -0.1) is 0 Å². The summed E-state index contributed by atoms with van der Waals surface area (Å²) in [4.78, 5) is 35.6. The monoisotopic (exact) mass is 406 g/mol. The Hall–Kier alpha value is -1.99. The Balaban J connectivity index is 1.32. The van der Waals surface area contributed by atoms with Crippen molar-refractivity contribution in [3.05, 3.63) is 28.8 Å². The van der Waals surface area contributed by atoms with Crippen LogP contribution >= 0.6 is 11.6 Å². The zero-order valence-electron chi connectivity index (χ0n) is 16.1. The average Bonchev–Trinajstić information content (AvgIpc) is 3.36. The molecule has 0 aromatic heterocycles. The van der Waals surface area contributed by atoms with Gasteiger partial charge in [0, 0.05) is 62.9 Å². The lowest BCUT2D eigenvalue weighted by Gasteiger charge is -2.35. The molecule has 4 rings (SSSR count). The number of carbonyl (C=O) groups is 2. The van der Waals surface area contributed by atoms with Gasteiger partial charge in [-0.3, -0.25) is 9.69 Å². The third-order valence-corrected chi connectivity index (χ3v) is 5.97. The van der Waals surface area contributed by atoms with Gasteiger partial charge in [0.25, 0.3) is 5.91 Å². The van der Waals surface area contributed by atoms with Crippen LogP contribution in [0.15, 0.2) is 18.2 Å². The van der Waals surface area contributed by atoms with Gasteiger partial charge in [-0.05, 0) is 37.0 Å². The fourth-order valence-electron chi connectivity index (χ4n) is 4.12. The topological polar surface area (TPSA) is 56.3 Å². The molecular weight excluding hydrogens is 380 g/mol. The van der Waals surface area contributed by atoms with Gasteiger partial charge >= 0.3 is 6.09 Å². The summed E-state index contributed by atoms with van der Waals surface area (Å²) in [7, 11) is 0. The van der Waals surface area contributed by atoms with E-state index in [9.17, 15) is 9.59 Å². The van der Waals surface area contributed by atoms with Gasteiger partial charge in [-0.25, -0.2) is 4.79 Å². The van der Waals surface area contributed by atoms with Crippen molar-refractivity contribution in [1.29, 1.82) is 0 Å². The number of rotatable bonds is 4. The second-order valence-corrected chi connectivity index (χ2v) is 8.12. The second-order valence-electron chi connectivity index (χ2n) is 7.69. The first-order valence-electron chi connectivity index (χ1n) is 10.1. The van der Waals surface area contributed by atoms with Crippen molar-refractivity contribution in [2.45, 2.75) is 32.2 Å². The molecular formula is C20H27ClN4O3. The largest absolute Gasteiger partial charge is 0.434 e. The highest BCUT2D eigenvalue weighted by molar-refractivity contribution is 6.30. The Morgan fingerprint density at radius 1 is 1.00 bits per heavy atom. The molecule has 3 heterocycles. The van der Waals surface area contributed by atoms with Crippen molar-refractivity contribution in [3.8, 4) is 0 Å². The molecule has 0 radical (unpaired) electrons. The summed E-state index contributed by atoms with van der Waals surface area (Å²) in [6, 6.07) is 6.15. The Kier molecular flexibility index (Phi) is 5.92. The molecule has 7 nitrogen and oxygen atoms in total. The van der Waals surface area contributed by atoms with Crippen LogP contribution in [-0.4, -0.2) is 72.7 Å². The number of piperazine rings is 1. The number of hydroxylamine groups is 2. The molecule has 3 fully saturated rings. The Bertz CT molecular complexity index is 730. The number of benzene rings is 1. The zero-order chi connectivity index (χ0) is 19.5. The van der Waals surface area contributed by atoms with Gasteiger partial charge < -0.3 is 14.6 Å². The van der Waals surface area contributed by atoms with Crippen molar-refractivity contribution in [1.82, 2.24) is 14.9 Å². The molecule has 2 amide bonds. The van der Waals surface area contributed by atoms with E-state index in [2.05, 4.69) is 21.9 Å². The van der Waals surface area contributed by atoms with Crippen LogP contribution in [0.25, 0.3) is 0 Å². The van der Waals surface area contributed by atoms with E-state index in [1.807, 2.05) is 6.07 Å². The number of halogens is 1. The van der Waals surface area contributed by atoms with Crippen molar-refractivity contribution >= 4 is 29.3 Å². The first kappa shape index (κ1) is 19.3. The fourth-order valence-corrected chi connectivity index (χ4v) is 4.29. The lowest BCUT2D eigenvalue weighted by molar-refractivity contribution is -0.160. The number of carbonyl (C=O) groups excluding carboxylic acids is 2. The van der Waals surface area contributed by atoms with E-state index in [0.29, 0.717) is 26.1 Å². The van der Waals surface area contributed by atoms with Gasteiger partial charge in [0.1, 0.15) is 0 Å². The normalized spacial score (nSPS) is 20.9. The highest BCUT2D eigenvalue weighted by Gasteiger charge is 2.29.